The van der Waals surface area contributed by atoms with Crippen molar-refractivity contribution in [3.63, 3.8) is 0 Å². The summed E-state index contributed by atoms with van der Waals surface area (Å²) in [6, 6.07) is 8.50. The number of hydrogen-bond acceptors (Lipinski definition) is 5. The molecule has 0 unspecified atom stereocenters. The lowest BCUT2D eigenvalue weighted by Crippen LogP contribution is -2.50. The fourth-order valence-corrected chi connectivity index (χ4v) is 3.53. The predicted molar refractivity (Wildman–Crippen MR) is 128 cm³/mol. The van der Waals surface area contributed by atoms with Crippen LogP contribution in [0.4, 0.5) is 0 Å². The minimum atomic E-state index is 0. The van der Waals surface area contributed by atoms with E-state index in [-0.39, 0.29) is 24.0 Å². The number of aliphatic imine (C=N–C) groups is 1. The molecule has 1 fully saturated rings. The lowest BCUT2D eigenvalue weighted by molar-refractivity contribution is 0.167. The Labute approximate surface area is 194 Å². The minimum absolute atomic E-state index is 0. The molecule has 1 aromatic heterocycles. The molecule has 1 aliphatic rings. The number of piperidine rings is 1. The molecule has 0 spiro atoms. The summed E-state index contributed by atoms with van der Waals surface area (Å²) in [4.78, 5) is 11.3. The third kappa shape index (κ3) is 7.11. The molecule has 160 valence electrons. The van der Waals surface area contributed by atoms with E-state index in [1.54, 1.807) is 7.05 Å². The maximum Gasteiger partial charge on any atom is 0.228 e. The Morgan fingerprint density at radius 2 is 2.10 bits per heavy atom. The molecular weight excluding hydrogens is 503 g/mol. The second-order valence-corrected chi connectivity index (χ2v) is 7.76. The van der Waals surface area contributed by atoms with Crippen LogP contribution in [0.15, 0.2) is 33.8 Å². The Kier molecular flexibility index (Phi) is 9.64. The molecule has 1 saturated heterocycles. The van der Waals surface area contributed by atoms with Crippen LogP contribution in [0.3, 0.4) is 0 Å². The molecule has 7 nitrogen and oxygen atoms in total. The molecule has 0 saturated carbocycles. The minimum Gasteiger partial charge on any atom is -0.356 e. The van der Waals surface area contributed by atoms with Crippen LogP contribution in [0.2, 0.25) is 5.02 Å². The summed E-state index contributed by atoms with van der Waals surface area (Å²) in [7, 11) is 1.79. The van der Waals surface area contributed by atoms with Gasteiger partial charge in [-0.25, -0.2) is 0 Å². The smallest absolute Gasteiger partial charge is 0.228 e. The molecule has 3 rings (SSSR count). The first kappa shape index (κ1) is 23.9. The fourth-order valence-electron chi connectivity index (χ4n) is 3.34. The highest BCUT2D eigenvalue weighted by Crippen LogP contribution is 2.20. The number of nitrogens with zero attached hydrogens (tertiary/aromatic N) is 4. The van der Waals surface area contributed by atoms with Gasteiger partial charge >= 0.3 is 0 Å². The number of likely N-dealkylation sites (tertiary alicyclic amines) is 1. The molecular formula is C20H30ClIN6O. The molecule has 1 aromatic carbocycles. The van der Waals surface area contributed by atoms with Gasteiger partial charge in [0.1, 0.15) is 0 Å². The lowest BCUT2D eigenvalue weighted by atomic mass is 10.0. The number of halogens is 2. The van der Waals surface area contributed by atoms with E-state index < -0.39 is 0 Å². The first-order valence-electron chi connectivity index (χ1n) is 9.85. The lowest BCUT2D eigenvalue weighted by Gasteiger charge is -2.35. The number of nitrogens with one attached hydrogen (secondary N) is 2. The van der Waals surface area contributed by atoms with Crippen molar-refractivity contribution < 1.29 is 4.52 Å². The van der Waals surface area contributed by atoms with Crippen LogP contribution in [0.5, 0.6) is 0 Å². The van der Waals surface area contributed by atoms with Crippen molar-refractivity contribution in [1.29, 1.82) is 0 Å². The summed E-state index contributed by atoms with van der Waals surface area (Å²) in [5.74, 6) is 1.96. The van der Waals surface area contributed by atoms with Gasteiger partial charge in [0.15, 0.2) is 5.96 Å². The second kappa shape index (κ2) is 11.7. The first-order valence-corrected chi connectivity index (χ1v) is 10.2. The number of rotatable bonds is 6. The highest BCUT2D eigenvalue weighted by atomic mass is 127. The van der Waals surface area contributed by atoms with Crippen LogP contribution in [0.25, 0.3) is 11.4 Å². The number of guanidine groups is 1. The largest absolute Gasteiger partial charge is 0.356 e. The van der Waals surface area contributed by atoms with Crippen molar-refractivity contribution in [3.8, 4) is 11.4 Å². The zero-order chi connectivity index (χ0) is 19.9. The molecule has 0 atom stereocenters. The van der Waals surface area contributed by atoms with Crippen molar-refractivity contribution in [2.45, 2.75) is 45.2 Å². The zero-order valence-electron chi connectivity index (χ0n) is 17.2. The summed E-state index contributed by atoms with van der Waals surface area (Å²) in [6.45, 7) is 7.43. The molecule has 2 aromatic rings. The van der Waals surface area contributed by atoms with E-state index in [1.165, 1.54) is 0 Å². The third-order valence-corrected chi connectivity index (χ3v) is 5.24. The molecule has 2 N–H and O–H groups in total. The summed E-state index contributed by atoms with van der Waals surface area (Å²) in [6.07, 6.45) is 2.89. The van der Waals surface area contributed by atoms with E-state index in [2.05, 4.69) is 44.5 Å². The van der Waals surface area contributed by atoms with Crippen molar-refractivity contribution in [2.75, 3.05) is 26.7 Å². The zero-order valence-corrected chi connectivity index (χ0v) is 20.3. The molecule has 0 amide bonds. The van der Waals surface area contributed by atoms with Gasteiger partial charge in [-0.3, -0.25) is 4.99 Å². The Morgan fingerprint density at radius 3 is 2.76 bits per heavy atom. The van der Waals surface area contributed by atoms with E-state index in [4.69, 9.17) is 16.1 Å². The molecule has 0 radical (unpaired) electrons. The average molecular weight is 533 g/mol. The molecule has 2 heterocycles. The molecule has 1 aliphatic heterocycles. The maximum atomic E-state index is 6.02. The van der Waals surface area contributed by atoms with Crippen molar-refractivity contribution >= 4 is 41.5 Å². The van der Waals surface area contributed by atoms with E-state index >= 15 is 0 Å². The van der Waals surface area contributed by atoms with Crippen molar-refractivity contribution in [1.82, 2.24) is 25.7 Å². The Balaban J connectivity index is 0.00000300. The quantitative estimate of drug-likeness (QED) is 0.336. The van der Waals surface area contributed by atoms with Crippen LogP contribution < -0.4 is 10.6 Å². The normalized spacial score (nSPS) is 16.0. The molecule has 0 bridgehead atoms. The molecule has 29 heavy (non-hydrogen) atoms. The highest BCUT2D eigenvalue weighted by molar-refractivity contribution is 14.0. The first-order chi connectivity index (χ1) is 13.5. The fraction of sp³-hybridized carbons (Fsp3) is 0.550. The van der Waals surface area contributed by atoms with Crippen molar-refractivity contribution in [2.24, 2.45) is 4.99 Å². The average Bonchev–Trinajstić information content (AvgIpc) is 3.16. The highest BCUT2D eigenvalue weighted by Gasteiger charge is 2.21. The van der Waals surface area contributed by atoms with Crippen LogP contribution in [-0.4, -0.2) is 59.8 Å². The van der Waals surface area contributed by atoms with Gasteiger partial charge in [-0.05, 0) is 38.8 Å². The van der Waals surface area contributed by atoms with Gasteiger partial charge in [-0.15, -0.1) is 24.0 Å². The number of hydrogen-bond donors (Lipinski definition) is 2. The van der Waals surface area contributed by atoms with E-state index in [9.17, 15) is 0 Å². The monoisotopic (exact) mass is 532 g/mol. The third-order valence-electron chi connectivity index (χ3n) is 5.01. The van der Waals surface area contributed by atoms with Crippen molar-refractivity contribution in [3.05, 3.63) is 35.2 Å². The van der Waals surface area contributed by atoms with E-state index in [0.717, 1.165) is 37.5 Å². The maximum absolute atomic E-state index is 6.02. The Hall–Kier alpha value is -1.39. The van der Waals surface area contributed by atoms with Gasteiger partial charge in [-0.1, -0.05) is 28.9 Å². The van der Waals surface area contributed by atoms with Gasteiger partial charge < -0.3 is 20.1 Å². The summed E-state index contributed by atoms with van der Waals surface area (Å²) < 4.78 is 5.35. The van der Waals surface area contributed by atoms with Crippen LogP contribution in [-0.2, 0) is 6.42 Å². The van der Waals surface area contributed by atoms with E-state index in [1.807, 2.05) is 24.3 Å². The molecule has 9 heteroatoms. The van der Waals surface area contributed by atoms with E-state index in [0.29, 0.717) is 41.8 Å². The Morgan fingerprint density at radius 1 is 1.34 bits per heavy atom. The van der Waals surface area contributed by atoms with Gasteiger partial charge in [0, 0.05) is 55.8 Å². The van der Waals surface area contributed by atoms with Crippen LogP contribution in [0, 0.1) is 0 Å². The standard InChI is InChI=1S/C20H29ClN6O.HI/c1-14(2)27-11-8-17(9-12-27)24-20(22-3)23-10-7-18-25-19(26-28-18)15-5-4-6-16(21)13-15;/h4-6,13-14,17H,7-12H2,1-3H3,(H2,22,23,24);1H. The second-order valence-electron chi connectivity index (χ2n) is 7.32. The Bertz CT molecular complexity index is 789. The van der Waals surface area contributed by atoms with Gasteiger partial charge in [0.25, 0.3) is 0 Å². The van der Waals surface area contributed by atoms with Gasteiger partial charge in [-0.2, -0.15) is 4.98 Å². The summed E-state index contributed by atoms with van der Waals surface area (Å²) in [5, 5.41) is 11.5. The topological polar surface area (TPSA) is 78.6 Å². The summed E-state index contributed by atoms with van der Waals surface area (Å²) >= 11 is 6.02. The van der Waals surface area contributed by atoms with Crippen LogP contribution in [0.1, 0.15) is 32.6 Å². The van der Waals surface area contributed by atoms with Crippen LogP contribution >= 0.6 is 35.6 Å². The molecule has 0 aliphatic carbocycles. The summed E-state index contributed by atoms with van der Waals surface area (Å²) in [5.41, 5.74) is 0.848. The number of benzene rings is 1. The van der Waals surface area contributed by atoms with Gasteiger partial charge in [0.2, 0.25) is 11.7 Å². The van der Waals surface area contributed by atoms with Gasteiger partial charge in [0.05, 0.1) is 0 Å². The number of aromatic nitrogens is 2. The predicted octanol–water partition coefficient (Wildman–Crippen LogP) is 3.59. The SMILES string of the molecule is CN=C(NCCc1nc(-c2cccc(Cl)c2)no1)NC1CCN(C(C)C)CC1.I.